The average Bonchev–Trinajstić information content (AvgIpc) is 2.31. The van der Waals surface area contributed by atoms with E-state index in [1.807, 2.05) is 13.8 Å². The standard InChI is InChI=1S/C9H17F2N/c1-8(2)4-3-7(5-8)9(10,11)6-12/h7H,3-6,12H2,1-2H3. The van der Waals surface area contributed by atoms with E-state index in [1.165, 1.54) is 0 Å². The summed E-state index contributed by atoms with van der Waals surface area (Å²) in [6, 6.07) is 0. The molecule has 0 spiro atoms. The maximum atomic E-state index is 13.1. The van der Waals surface area contributed by atoms with Crippen LogP contribution in [0, 0.1) is 11.3 Å². The molecule has 1 fully saturated rings. The Morgan fingerprint density at radius 2 is 2.08 bits per heavy atom. The van der Waals surface area contributed by atoms with Crippen molar-refractivity contribution >= 4 is 0 Å². The van der Waals surface area contributed by atoms with E-state index in [2.05, 4.69) is 0 Å². The minimum atomic E-state index is -2.65. The Balaban J connectivity index is 2.58. The summed E-state index contributed by atoms with van der Waals surface area (Å²) in [6.45, 7) is 3.58. The lowest BCUT2D eigenvalue weighted by Gasteiger charge is -2.23. The van der Waals surface area contributed by atoms with Gasteiger partial charge in [-0.25, -0.2) is 8.78 Å². The molecular formula is C9H17F2N. The average molecular weight is 177 g/mol. The second-order valence-electron chi connectivity index (χ2n) is 4.57. The van der Waals surface area contributed by atoms with Gasteiger partial charge in [-0.1, -0.05) is 13.8 Å². The maximum absolute atomic E-state index is 13.1. The van der Waals surface area contributed by atoms with Gasteiger partial charge in [-0.3, -0.25) is 0 Å². The summed E-state index contributed by atoms with van der Waals surface area (Å²) in [6.07, 6.45) is 2.13. The lowest BCUT2D eigenvalue weighted by atomic mass is 9.89. The summed E-state index contributed by atoms with van der Waals surface area (Å²) >= 11 is 0. The fourth-order valence-corrected chi connectivity index (χ4v) is 1.96. The van der Waals surface area contributed by atoms with E-state index >= 15 is 0 Å². The molecule has 0 aliphatic heterocycles. The molecule has 0 aromatic heterocycles. The van der Waals surface area contributed by atoms with Crippen molar-refractivity contribution in [3.8, 4) is 0 Å². The van der Waals surface area contributed by atoms with E-state index in [0.29, 0.717) is 12.8 Å². The SMILES string of the molecule is CC1(C)CCC(C(F)(F)CN)C1. The van der Waals surface area contributed by atoms with Gasteiger partial charge in [0.1, 0.15) is 0 Å². The fourth-order valence-electron chi connectivity index (χ4n) is 1.96. The maximum Gasteiger partial charge on any atom is 0.262 e. The van der Waals surface area contributed by atoms with Gasteiger partial charge < -0.3 is 5.73 Å². The molecule has 12 heavy (non-hydrogen) atoms. The lowest BCUT2D eigenvalue weighted by molar-refractivity contribution is -0.0494. The topological polar surface area (TPSA) is 26.0 Å². The number of alkyl halides is 2. The second-order valence-corrected chi connectivity index (χ2v) is 4.57. The van der Waals surface area contributed by atoms with Crippen molar-refractivity contribution in [2.45, 2.75) is 39.0 Å². The van der Waals surface area contributed by atoms with Crippen LogP contribution in [0.25, 0.3) is 0 Å². The summed E-state index contributed by atoms with van der Waals surface area (Å²) in [5, 5.41) is 0. The fraction of sp³-hybridized carbons (Fsp3) is 1.00. The number of nitrogens with two attached hydrogens (primary N) is 1. The van der Waals surface area contributed by atoms with Gasteiger partial charge in [0.05, 0.1) is 6.54 Å². The van der Waals surface area contributed by atoms with Gasteiger partial charge >= 0.3 is 0 Å². The van der Waals surface area contributed by atoms with Crippen LogP contribution in [-0.2, 0) is 0 Å². The molecule has 0 aromatic carbocycles. The van der Waals surface area contributed by atoms with Crippen LogP contribution >= 0.6 is 0 Å². The highest BCUT2D eigenvalue weighted by Gasteiger charge is 2.45. The molecular weight excluding hydrogens is 160 g/mol. The van der Waals surface area contributed by atoms with Crippen molar-refractivity contribution < 1.29 is 8.78 Å². The van der Waals surface area contributed by atoms with Crippen LogP contribution in [0.2, 0.25) is 0 Å². The van der Waals surface area contributed by atoms with Crippen LogP contribution in [0.1, 0.15) is 33.1 Å². The Hall–Kier alpha value is -0.180. The molecule has 0 saturated heterocycles. The number of hydrogen-bond acceptors (Lipinski definition) is 1. The molecule has 0 heterocycles. The molecule has 1 rings (SSSR count). The van der Waals surface area contributed by atoms with Crippen LogP contribution in [0.15, 0.2) is 0 Å². The van der Waals surface area contributed by atoms with Crippen molar-refractivity contribution in [3.05, 3.63) is 0 Å². The zero-order chi connectivity index (χ0) is 9.41. The summed E-state index contributed by atoms with van der Waals surface area (Å²) in [5.41, 5.74) is 5.11. The first-order valence-corrected chi connectivity index (χ1v) is 4.45. The van der Waals surface area contributed by atoms with Gasteiger partial charge in [0, 0.05) is 5.92 Å². The predicted octanol–water partition coefficient (Wildman–Crippen LogP) is 2.41. The molecule has 72 valence electrons. The van der Waals surface area contributed by atoms with E-state index in [-0.39, 0.29) is 5.41 Å². The zero-order valence-corrected chi connectivity index (χ0v) is 7.74. The largest absolute Gasteiger partial charge is 0.325 e. The summed E-state index contributed by atoms with van der Waals surface area (Å²) < 4.78 is 26.2. The minimum absolute atomic E-state index is 0.0866. The highest BCUT2D eigenvalue weighted by molar-refractivity contribution is 4.89. The normalized spacial score (nSPS) is 29.2. The molecule has 0 bridgehead atoms. The quantitative estimate of drug-likeness (QED) is 0.688. The third kappa shape index (κ3) is 1.94. The van der Waals surface area contributed by atoms with E-state index in [4.69, 9.17) is 5.73 Å². The molecule has 1 aliphatic carbocycles. The van der Waals surface area contributed by atoms with Crippen LogP contribution < -0.4 is 5.73 Å². The molecule has 2 N–H and O–H groups in total. The molecule has 1 aliphatic rings. The van der Waals surface area contributed by atoms with E-state index < -0.39 is 18.4 Å². The van der Waals surface area contributed by atoms with Crippen LogP contribution in [0.4, 0.5) is 8.78 Å². The Bertz CT molecular complexity index is 166. The first-order valence-electron chi connectivity index (χ1n) is 4.45. The first-order chi connectivity index (χ1) is 5.37. The van der Waals surface area contributed by atoms with Crippen molar-refractivity contribution in [2.24, 2.45) is 17.1 Å². The van der Waals surface area contributed by atoms with Crippen LogP contribution in [-0.4, -0.2) is 12.5 Å². The van der Waals surface area contributed by atoms with Crippen molar-refractivity contribution in [3.63, 3.8) is 0 Å². The van der Waals surface area contributed by atoms with E-state index in [0.717, 1.165) is 6.42 Å². The molecule has 1 saturated carbocycles. The van der Waals surface area contributed by atoms with Crippen LogP contribution in [0.3, 0.4) is 0 Å². The second kappa shape index (κ2) is 2.95. The molecule has 1 nitrogen and oxygen atoms in total. The predicted molar refractivity (Wildman–Crippen MR) is 45.1 cm³/mol. The van der Waals surface area contributed by atoms with Crippen LogP contribution in [0.5, 0.6) is 0 Å². The van der Waals surface area contributed by atoms with Crippen molar-refractivity contribution in [1.82, 2.24) is 0 Å². The smallest absolute Gasteiger partial charge is 0.262 e. The zero-order valence-electron chi connectivity index (χ0n) is 7.74. The minimum Gasteiger partial charge on any atom is -0.325 e. The summed E-state index contributed by atoms with van der Waals surface area (Å²) in [5.74, 6) is -3.13. The Morgan fingerprint density at radius 3 is 2.42 bits per heavy atom. The van der Waals surface area contributed by atoms with E-state index in [9.17, 15) is 8.78 Å². The summed E-state index contributed by atoms with van der Waals surface area (Å²) in [4.78, 5) is 0. The Kier molecular flexibility index (Phi) is 2.43. The molecule has 3 heteroatoms. The monoisotopic (exact) mass is 177 g/mol. The first kappa shape index (κ1) is 9.90. The van der Waals surface area contributed by atoms with Gasteiger partial charge in [0.2, 0.25) is 0 Å². The van der Waals surface area contributed by atoms with Gasteiger partial charge in [-0.15, -0.1) is 0 Å². The molecule has 0 aromatic rings. The van der Waals surface area contributed by atoms with Gasteiger partial charge in [-0.05, 0) is 24.7 Å². The number of halogens is 2. The highest BCUT2D eigenvalue weighted by Crippen LogP contribution is 2.46. The highest BCUT2D eigenvalue weighted by atomic mass is 19.3. The number of hydrogen-bond donors (Lipinski definition) is 1. The third-order valence-corrected chi connectivity index (χ3v) is 2.84. The lowest BCUT2D eigenvalue weighted by Crippen LogP contribution is -2.35. The molecule has 0 amide bonds. The van der Waals surface area contributed by atoms with Gasteiger partial charge in [0.25, 0.3) is 5.92 Å². The summed E-state index contributed by atoms with van der Waals surface area (Å²) in [7, 11) is 0. The van der Waals surface area contributed by atoms with Crippen molar-refractivity contribution in [1.29, 1.82) is 0 Å². The molecule has 1 unspecified atom stereocenters. The molecule has 1 atom stereocenters. The number of rotatable bonds is 2. The van der Waals surface area contributed by atoms with E-state index in [1.54, 1.807) is 0 Å². The Morgan fingerprint density at radius 1 is 1.50 bits per heavy atom. The Labute approximate surface area is 72.3 Å². The van der Waals surface area contributed by atoms with Crippen molar-refractivity contribution in [2.75, 3.05) is 6.54 Å². The van der Waals surface area contributed by atoms with Gasteiger partial charge in [-0.2, -0.15) is 0 Å². The van der Waals surface area contributed by atoms with Gasteiger partial charge in [0.15, 0.2) is 0 Å². The molecule has 0 radical (unpaired) electrons. The third-order valence-electron chi connectivity index (χ3n) is 2.84.